The van der Waals surface area contributed by atoms with Gasteiger partial charge < -0.3 is 14.9 Å². The number of halogens is 3. The van der Waals surface area contributed by atoms with E-state index in [1.54, 1.807) is 0 Å². The lowest BCUT2D eigenvalue weighted by Gasteiger charge is -2.34. The number of carbonyl (C=O) groups is 1. The summed E-state index contributed by atoms with van der Waals surface area (Å²) in [5.74, 6) is -0.800. The topological polar surface area (TPSA) is 69.4 Å². The van der Waals surface area contributed by atoms with Crippen molar-refractivity contribution in [1.29, 1.82) is 0 Å². The Balaban J connectivity index is 2.88. The van der Waals surface area contributed by atoms with Crippen LogP contribution in [-0.2, 0) is 9.53 Å². The third kappa shape index (κ3) is 2.30. The van der Waals surface area contributed by atoms with E-state index in [1.165, 1.54) is 6.92 Å². The first-order valence-corrected chi connectivity index (χ1v) is 4.44. The van der Waals surface area contributed by atoms with Gasteiger partial charge in [-0.2, -0.15) is 13.2 Å². The molecule has 3 N–H and O–H groups in total. The van der Waals surface area contributed by atoms with E-state index in [-0.39, 0.29) is 6.42 Å². The number of hydrogen-bond donors (Lipinski definition) is 1. The van der Waals surface area contributed by atoms with Gasteiger partial charge in [-0.05, 0) is 6.42 Å². The van der Waals surface area contributed by atoms with Crippen molar-refractivity contribution < 1.29 is 32.9 Å². The van der Waals surface area contributed by atoms with Gasteiger partial charge in [-0.3, -0.25) is 4.79 Å². The lowest BCUT2D eigenvalue weighted by atomic mass is 9.95. The maximum atomic E-state index is 12.3. The number of alkyl halides is 3. The standard InChI is InChI=1S/C8H11F3O4/c1-2-3-4(12)5(13)6(14)7(15-3)8(9,10)11/h3,5-7,13-14H,2H2,1H3/p+1. The second-order valence-corrected chi connectivity index (χ2v) is 3.37. The fourth-order valence-electron chi connectivity index (χ4n) is 1.44. The Hall–Kier alpha value is -0.660. The molecule has 1 fully saturated rings. The minimum atomic E-state index is -4.76. The fourth-order valence-corrected chi connectivity index (χ4v) is 1.44. The number of aliphatic hydroxyl groups excluding tert-OH is 1. The summed E-state index contributed by atoms with van der Waals surface area (Å²) in [6.07, 6.45) is -12.3. The molecule has 0 spiro atoms. The van der Waals surface area contributed by atoms with E-state index in [1.807, 2.05) is 0 Å². The third-order valence-electron chi connectivity index (χ3n) is 2.28. The summed E-state index contributed by atoms with van der Waals surface area (Å²) in [5.41, 5.74) is 0. The summed E-state index contributed by atoms with van der Waals surface area (Å²) >= 11 is 0. The van der Waals surface area contributed by atoms with Crippen molar-refractivity contribution in [1.82, 2.24) is 0 Å². The van der Waals surface area contributed by atoms with Crippen molar-refractivity contribution in [3.8, 4) is 0 Å². The van der Waals surface area contributed by atoms with Gasteiger partial charge in [0.25, 0.3) is 0 Å². The van der Waals surface area contributed by atoms with Crippen LogP contribution in [-0.4, -0.2) is 46.6 Å². The molecule has 4 unspecified atom stereocenters. The van der Waals surface area contributed by atoms with Gasteiger partial charge in [-0.25, -0.2) is 0 Å². The number of hydrogen-bond acceptors (Lipinski definition) is 3. The van der Waals surface area contributed by atoms with Crippen molar-refractivity contribution in [2.45, 2.75) is 43.9 Å². The average Bonchev–Trinajstić information content (AvgIpc) is 2.13. The monoisotopic (exact) mass is 229 g/mol. The van der Waals surface area contributed by atoms with Crippen LogP contribution in [0.25, 0.3) is 0 Å². The molecule has 0 aliphatic carbocycles. The molecule has 0 aromatic heterocycles. The molecule has 0 radical (unpaired) electrons. The first kappa shape index (κ1) is 12.4. The molecule has 0 amide bonds. The Morgan fingerprint density at radius 1 is 1.53 bits per heavy atom. The number of rotatable bonds is 1. The lowest BCUT2D eigenvalue weighted by Crippen LogP contribution is -2.59. The van der Waals surface area contributed by atoms with E-state index in [0.29, 0.717) is 0 Å². The number of carbonyl (C=O) groups excluding carboxylic acids is 1. The molecule has 15 heavy (non-hydrogen) atoms. The van der Waals surface area contributed by atoms with Crippen LogP contribution < -0.4 is 0 Å². The zero-order valence-corrected chi connectivity index (χ0v) is 7.91. The predicted octanol–water partition coefficient (Wildman–Crippen LogP) is -0.251. The molecule has 0 bridgehead atoms. The summed E-state index contributed by atoms with van der Waals surface area (Å²) in [4.78, 5) is 11.2. The molecule has 4 atom stereocenters. The summed E-state index contributed by atoms with van der Waals surface area (Å²) < 4.78 is 41.4. The van der Waals surface area contributed by atoms with Gasteiger partial charge in [-0.1, -0.05) is 6.92 Å². The maximum absolute atomic E-state index is 12.3. The molecule has 7 heteroatoms. The summed E-state index contributed by atoms with van der Waals surface area (Å²) in [6, 6.07) is 0. The van der Waals surface area contributed by atoms with Gasteiger partial charge >= 0.3 is 6.18 Å². The van der Waals surface area contributed by atoms with Crippen LogP contribution in [0.5, 0.6) is 0 Å². The Kier molecular flexibility index (Phi) is 3.37. The summed E-state index contributed by atoms with van der Waals surface area (Å²) in [7, 11) is 0. The third-order valence-corrected chi connectivity index (χ3v) is 2.28. The minimum Gasteiger partial charge on any atom is -0.435 e. The number of ether oxygens (including phenoxy) is 1. The van der Waals surface area contributed by atoms with Crippen molar-refractivity contribution in [3.63, 3.8) is 0 Å². The zero-order valence-electron chi connectivity index (χ0n) is 7.91. The van der Waals surface area contributed by atoms with E-state index < -0.39 is 36.4 Å². The SMILES string of the molecule is CCC1OC(C(F)(F)F)C(O)C([OH2+])C1=O. The fraction of sp³-hybridized carbons (Fsp3) is 0.875. The van der Waals surface area contributed by atoms with Crippen molar-refractivity contribution in [2.75, 3.05) is 0 Å². The Bertz CT molecular complexity index is 249. The van der Waals surface area contributed by atoms with E-state index in [2.05, 4.69) is 4.74 Å². The Morgan fingerprint density at radius 2 is 2.07 bits per heavy atom. The maximum Gasteiger partial charge on any atom is 0.417 e. The van der Waals surface area contributed by atoms with Gasteiger partial charge in [0, 0.05) is 0 Å². The van der Waals surface area contributed by atoms with E-state index in [9.17, 15) is 18.0 Å². The molecule has 1 aliphatic heterocycles. The predicted molar refractivity (Wildman–Crippen MR) is 43.4 cm³/mol. The second kappa shape index (κ2) is 4.07. The van der Waals surface area contributed by atoms with Crippen molar-refractivity contribution in [3.05, 3.63) is 0 Å². The highest BCUT2D eigenvalue weighted by Gasteiger charge is 2.56. The summed E-state index contributed by atoms with van der Waals surface area (Å²) in [5, 5.41) is 16.3. The highest BCUT2D eigenvalue weighted by molar-refractivity contribution is 5.88. The molecule has 4 nitrogen and oxygen atoms in total. The van der Waals surface area contributed by atoms with Crippen LogP contribution >= 0.6 is 0 Å². The molecule has 88 valence electrons. The highest BCUT2D eigenvalue weighted by Crippen LogP contribution is 2.32. The van der Waals surface area contributed by atoms with Crippen LogP contribution in [0.3, 0.4) is 0 Å². The molecule has 1 aliphatic rings. The Morgan fingerprint density at radius 3 is 2.47 bits per heavy atom. The molecule has 0 saturated carbocycles. The average molecular weight is 229 g/mol. The number of aliphatic hydroxyl groups is 1. The molecule has 1 saturated heterocycles. The van der Waals surface area contributed by atoms with E-state index in [0.717, 1.165) is 0 Å². The minimum absolute atomic E-state index is 0.0630. The molecule has 1 heterocycles. The Labute approximate surface area is 83.6 Å². The van der Waals surface area contributed by atoms with Crippen molar-refractivity contribution in [2.24, 2.45) is 0 Å². The second-order valence-electron chi connectivity index (χ2n) is 3.37. The van der Waals surface area contributed by atoms with E-state index in [4.69, 9.17) is 10.2 Å². The van der Waals surface area contributed by atoms with Gasteiger partial charge in [0.15, 0.2) is 12.2 Å². The zero-order chi connectivity index (χ0) is 11.8. The summed E-state index contributed by atoms with van der Waals surface area (Å²) in [6.45, 7) is 1.49. The van der Waals surface area contributed by atoms with Gasteiger partial charge in [-0.15, -0.1) is 0 Å². The van der Waals surface area contributed by atoms with Crippen LogP contribution in [0.1, 0.15) is 13.3 Å². The van der Waals surface area contributed by atoms with Gasteiger partial charge in [0.2, 0.25) is 11.9 Å². The van der Waals surface area contributed by atoms with Crippen LogP contribution in [0.2, 0.25) is 0 Å². The largest absolute Gasteiger partial charge is 0.435 e. The molecular formula is C8H12F3O4+. The van der Waals surface area contributed by atoms with Gasteiger partial charge in [0.05, 0.1) is 0 Å². The smallest absolute Gasteiger partial charge is 0.417 e. The molecule has 0 aromatic carbocycles. The van der Waals surface area contributed by atoms with Crippen LogP contribution in [0.4, 0.5) is 13.2 Å². The molecule has 1 rings (SSSR count). The first-order chi connectivity index (χ1) is 6.79. The highest BCUT2D eigenvalue weighted by atomic mass is 19.4. The number of ketones is 1. The van der Waals surface area contributed by atoms with Crippen molar-refractivity contribution >= 4 is 5.78 Å². The number of Topliss-reactive ketones (excluding diaryl/α,β-unsaturated/α-hetero) is 1. The molecule has 0 aromatic rings. The van der Waals surface area contributed by atoms with Gasteiger partial charge in [0.1, 0.15) is 6.10 Å². The molecular weight excluding hydrogens is 217 g/mol. The van der Waals surface area contributed by atoms with E-state index >= 15 is 0 Å². The van der Waals surface area contributed by atoms with Crippen LogP contribution in [0.15, 0.2) is 0 Å². The lowest BCUT2D eigenvalue weighted by molar-refractivity contribution is -0.278. The quantitative estimate of drug-likeness (QED) is 0.630. The first-order valence-electron chi connectivity index (χ1n) is 4.44. The normalized spacial score (nSPS) is 38.1. The van der Waals surface area contributed by atoms with Crippen LogP contribution in [0, 0.1) is 0 Å².